The SMILES string of the molecule is CCNC(=O)c1cccc(CNc2nc(-c3ccc(F)cc3)cs2)c1. The fourth-order valence-electron chi connectivity index (χ4n) is 2.37. The van der Waals surface area contributed by atoms with Crippen molar-refractivity contribution in [1.82, 2.24) is 10.3 Å². The number of rotatable bonds is 6. The second kappa shape index (κ2) is 7.90. The zero-order valence-electron chi connectivity index (χ0n) is 13.8. The van der Waals surface area contributed by atoms with Crippen molar-refractivity contribution in [3.8, 4) is 11.3 Å². The predicted octanol–water partition coefficient (Wildman–Crippen LogP) is 4.31. The van der Waals surface area contributed by atoms with E-state index in [0.717, 1.165) is 22.0 Å². The molecule has 0 atom stereocenters. The van der Waals surface area contributed by atoms with Gasteiger partial charge in [0.1, 0.15) is 5.82 Å². The van der Waals surface area contributed by atoms with Crippen LogP contribution in [0.4, 0.5) is 9.52 Å². The zero-order chi connectivity index (χ0) is 17.6. The van der Waals surface area contributed by atoms with Crippen molar-refractivity contribution in [2.24, 2.45) is 0 Å². The number of benzene rings is 2. The molecule has 2 aromatic carbocycles. The topological polar surface area (TPSA) is 54.0 Å². The van der Waals surface area contributed by atoms with Gasteiger partial charge in [-0.25, -0.2) is 9.37 Å². The molecule has 0 saturated heterocycles. The van der Waals surface area contributed by atoms with Gasteiger partial charge in [-0.2, -0.15) is 0 Å². The van der Waals surface area contributed by atoms with Crippen LogP contribution >= 0.6 is 11.3 Å². The summed E-state index contributed by atoms with van der Waals surface area (Å²) in [5.41, 5.74) is 3.34. The van der Waals surface area contributed by atoms with Crippen molar-refractivity contribution in [3.63, 3.8) is 0 Å². The lowest BCUT2D eigenvalue weighted by molar-refractivity contribution is 0.0955. The molecule has 0 aliphatic carbocycles. The molecule has 0 saturated carbocycles. The van der Waals surface area contributed by atoms with Crippen LogP contribution in [-0.2, 0) is 6.54 Å². The smallest absolute Gasteiger partial charge is 0.251 e. The quantitative estimate of drug-likeness (QED) is 0.693. The Hall–Kier alpha value is -2.73. The highest BCUT2D eigenvalue weighted by atomic mass is 32.1. The number of nitrogens with zero attached hydrogens (tertiary/aromatic N) is 1. The van der Waals surface area contributed by atoms with Crippen LogP contribution in [0.2, 0.25) is 0 Å². The first-order chi connectivity index (χ1) is 12.2. The van der Waals surface area contributed by atoms with E-state index in [1.807, 2.05) is 30.5 Å². The number of halogens is 1. The maximum atomic E-state index is 13.0. The molecule has 0 bridgehead atoms. The van der Waals surface area contributed by atoms with E-state index in [9.17, 15) is 9.18 Å². The van der Waals surface area contributed by atoms with E-state index < -0.39 is 0 Å². The lowest BCUT2D eigenvalue weighted by Crippen LogP contribution is -2.22. The summed E-state index contributed by atoms with van der Waals surface area (Å²) >= 11 is 1.49. The lowest BCUT2D eigenvalue weighted by atomic mass is 10.1. The molecule has 4 nitrogen and oxygen atoms in total. The Balaban J connectivity index is 1.65. The Morgan fingerprint density at radius 2 is 2.00 bits per heavy atom. The normalized spacial score (nSPS) is 10.5. The molecular weight excluding hydrogens is 337 g/mol. The molecule has 6 heteroatoms. The molecule has 128 valence electrons. The number of nitrogens with one attached hydrogen (secondary N) is 2. The van der Waals surface area contributed by atoms with Gasteiger partial charge in [-0.05, 0) is 48.9 Å². The molecule has 1 aromatic heterocycles. The Morgan fingerprint density at radius 1 is 1.20 bits per heavy atom. The highest BCUT2D eigenvalue weighted by molar-refractivity contribution is 7.14. The Morgan fingerprint density at radius 3 is 2.76 bits per heavy atom. The predicted molar refractivity (Wildman–Crippen MR) is 99.3 cm³/mol. The number of carbonyl (C=O) groups excluding carboxylic acids is 1. The van der Waals surface area contributed by atoms with Gasteiger partial charge in [-0.1, -0.05) is 12.1 Å². The molecule has 3 aromatic rings. The standard InChI is InChI=1S/C19H18FN3OS/c1-2-21-18(24)15-5-3-4-13(10-15)11-22-19-23-17(12-25-19)14-6-8-16(20)9-7-14/h3-10,12H,2,11H2,1H3,(H,21,24)(H,22,23). The third-order valence-corrected chi connectivity index (χ3v) is 4.41. The van der Waals surface area contributed by atoms with Crippen LogP contribution in [0.25, 0.3) is 11.3 Å². The van der Waals surface area contributed by atoms with Gasteiger partial charge in [-0.3, -0.25) is 4.79 Å². The minimum atomic E-state index is -0.260. The van der Waals surface area contributed by atoms with Crippen molar-refractivity contribution < 1.29 is 9.18 Å². The molecular formula is C19H18FN3OS. The van der Waals surface area contributed by atoms with Gasteiger partial charge in [0.25, 0.3) is 5.91 Å². The van der Waals surface area contributed by atoms with Gasteiger partial charge in [0, 0.05) is 29.6 Å². The van der Waals surface area contributed by atoms with Gasteiger partial charge in [-0.15, -0.1) is 11.3 Å². The fourth-order valence-corrected chi connectivity index (χ4v) is 3.09. The third-order valence-electron chi connectivity index (χ3n) is 3.61. The van der Waals surface area contributed by atoms with Gasteiger partial charge in [0.15, 0.2) is 5.13 Å². The molecule has 0 unspecified atom stereocenters. The van der Waals surface area contributed by atoms with Crippen molar-refractivity contribution in [2.45, 2.75) is 13.5 Å². The second-order valence-corrected chi connectivity index (χ2v) is 6.32. The van der Waals surface area contributed by atoms with E-state index in [-0.39, 0.29) is 11.7 Å². The van der Waals surface area contributed by atoms with Gasteiger partial charge in [0.2, 0.25) is 0 Å². The first-order valence-corrected chi connectivity index (χ1v) is 8.86. The molecule has 0 aliphatic rings. The van der Waals surface area contributed by atoms with Crippen LogP contribution in [0.5, 0.6) is 0 Å². The molecule has 3 rings (SSSR count). The maximum Gasteiger partial charge on any atom is 0.251 e. The summed E-state index contributed by atoms with van der Waals surface area (Å²) in [7, 11) is 0. The van der Waals surface area contributed by atoms with Crippen molar-refractivity contribution >= 4 is 22.4 Å². The van der Waals surface area contributed by atoms with E-state index in [0.29, 0.717) is 18.7 Å². The van der Waals surface area contributed by atoms with Gasteiger partial charge >= 0.3 is 0 Å². The van der Waals surface area contributed by atoms with Crippen LogP contribution in [0.3, 0.4) is 0 Å². The number of amides is 1. The number of anilines is 1. The summed E-state index contributed by atoms with van der Waals surface area (Å²) in [5.74, 6) is -0.332. The zero-order valence-corrected chi connectivity index (χ0v) is 14.6. The summed E-state index contributed by atoms with van der Waals surface area (Å²) in [6, 6.07) is 13.8. The molecule has 0 radical (unpaired) electrons. The molecule has 1 amide bonds. The van der Waals surface area contributed by atoms with Crippen LogP contribution in [0.1, 0.15) is 22.8 Å². The van der Waals surface area contributed by atoms with Crippen molar-refractivity contribution in [1.29, 1.82) is 0 Å². The Kier molecular flexibility index (Phi) is 5.40. The largest absolute Gasteiger partial charge is 0.357 e. The lowest BCUT2D eigenvalue weighted by Gasteiger charge is -2.06. The minimum absolute atomic E-state index is 0.0720. The van der Waals surface area contributed by atoms with E-state index in [4.69, 9.17) is 0 Å². The van der Waals surface area contributed by atoms with E-state index in [1.165, 1.54) is 23.5 Å². The summed E-state index contributed by atoms with van der Waals surface area (Å²) in [6.45, 7) is 3.07. The fraction of sp³-hybridized carbons (Fsp3) is 0.158. The highest BCUT2D eigenvalue weighted by Gasteiger charge is 2.07. The van der Waals surface area contributed by atoms with Crippen molar-refractivity contribution in [2.75, 3.05) is 11.9 Å². The average Bonchev–Trinajstić information content (AvgIpc) is 3.10. The van der Waals surface area contributed by atoms with Crippen LogP contribution in [0, 0.1) is 5.82 Å². The monoisotopic (exact) mass is 355 g/mol. The van der Waals surface area contributed by atoms with Gasteiger partial charge < -0.3 is 10.6 Å². The molecule has 2 N–H and O–H groups in total. The number of aromatic nitrogens is 1. The maximum absolute atomic E-state index is 13.0. The summed E-state index contributed by atoms with van der Waals surface area (Å²) < 4.78 is 13.0. The van der Waals surface area contributed by atoms with E-state index in [1.54, 1.807) is 18.2 Å². The van der Waals surface area contributed by atoms with E-state index in [2.05, 4.69) is 15.6 Å². The average molecular weight is 355 g/mol. The molecule has 25 heavy (non-hydrogen) atoms. The number of thiazole rings is 1. The molecule has 1 heterocycles. The first kappa shape index (κ1) is 17.1. The Labute approximate surface area is 149 Å². The van der Waals surface area contributed by atoms with Crippen LogP contribution in [-0.4, -0.2) is 17.4 Å². The molecule has 0 aliphatic heterocycles. The third kappa shape index (κ3) is 4.42. The first-order valence-electron chi connectivity index (χ1n) is 7.98. The molecule has 0 spiro atoms. The van der Waals surface area contributed by atoms with E-state index >= 15 is 0 Å². The second-order valence-electron chi connectivity index (χ2n) is 5.46. The summed E-state index contributed by atoms with van der Waals surface area (Å²) in [5, 5.41) is 8.77. The number of hydrogen-bond acceptors (Lipinski definition) is 4. The number of carbonyl (C=O) groups is 1. The van der Waals surface area contributed by atoms with Crippen LogP contribution in [0.15, 0.2) is 53.9 Å². The number of hydrogen-bond donors (Lipinski definition) is 2. The van der Waals surface area contributed by atoms with Crippen LogP contribution < -0.4 is 10.6 Å². The minimum Gasteiger partial charge on any atom is -0.357 e. The van der Waals surface area contributed by atoms with Crippen molar-refractivity contribution in [3.05, 3.63) is 70.9 Å². The molecule has 0 fully saturated rings. The summed E-state index contributed by atoms with van der Waals surface area (Å²) in [6.07, 6.45) is 0. The Bertz CT molecular complexity index is 861. The summed E-state index contributed by atoms with van der Waals surface area (Å²) in [4.78, 5) is 16.4. The highest BCUT2D eigenvalue weighted by Crippen LogP contribution is 2.25. The van der Waals surface area contributed by atoms with Gasteiger partial charge in [0.05, 0.1) is 5.69 Å².